The molecule has 15 heteroatoms. The first-order chi connectivity index (χ1) is 16.0. The Morgan fingerprint density at radius 3 is 1.85 bits per heavy atom. The Morgan fingerprint density at radius 2 is 1.26 bits per heavy atom. The van der Waals surface area contributed by atoms with Gasteiger partial charge in [0.2, 0.25) is 0 Å². The van der Waals surface area contributed by atoms with Gasteiger partial charge in [0.05, 0.1) is 49.7 Å². The molecule has 1 saturated carbocycles. The van der Waals surface area contributed by atoms with Crippen molar-refractivity contribution in [3.63, 3.8) is 0 Å². The Kier molecular flexibility index (Phi) is 9.57. The summed E-state index contributed by atoms with van der Waals surface area (Å²) in [4.78, 5) is 0. The van der Waals surface area contributed by atoms with E-state index in [4.69, 9.17) is 36.1 Å². The summed E-state index contributed by atoms with van der Waals surface area (Å²) in [5.41, 5.74) is 17.8. The van der Waals surface area contributed by atoms with Crippen LogP contribution in [-0.4, -0.2) is 146 Å². The quantitative estimate of drug-likeness (QED) is 0.155. The Bertz CT molecular complexity index is 646. The van der Waals surface area contributed by atoms with Crippen molar-refractivity contribution in [3.05, 3.63) is 0 Å². The lowest BCUT2D eigenvalue weighted by atomic mass is 9.79. The fraction of sp³-hybridized carbons (Fsp3) is 1.00. The number of aliphatic hydroxyl groups excluding tert-OH is 8. The van der Waals surface area contributed by atoms with Crippen molar-refractivity contribution in [1.82, 2.24) is 0 Å². The number of ether oxygens (including phenoxy) is 4. The molecule has 14 N–H and O–H groups in total. The van der Waals surface area contributed by atoms with E-state index >= 15 is 0 Å². The lowest BCUT2D eigenvalue weighted by Gasteiger charge is -2.48. The smallest absolute Gasteiger partial charge is 0.176 e. The van der Waals surface area contributed by atoms with Crippen LogP contribution in [0.25, 0.3) is 0 Å². The molecule has 2 aliphatic heterocycles. The lowest BCUT2D eigenvalue weighted by Crippen LogP contribution is -2.67. The van der Waals surface area contributed by atoms with Crippen LogP contribution in [0.3, 0.4) is 0 Å². The largest absolute Gasteiger partial charge is 0.396 e. The van der Waals surface area contributed by atoms with Gasteiger partial charge in [0.15, 0.2) is 12.6 Å². The third-order valence-electron chi connectivity index (χ3n) is 6.87. The zero-order valence-electron chi connectivity index (χ0n) is 18.4. The zero-order valence-corrected chi connectivity index (χ0v) is 18.4. The topological polar surface area (TPSA) is 277 Å². The molecule has 34 heavy (non-hydrogen) atoms. The van der Waals surface area contributed by atoms with Crippen LogP contribution in [0.15, 0.2) is 0 Å². The summed E-state index contributed by atoms with van der Waals surface area (Å²) in [7, 11) is 0. The van der Waals surface area contributed by atoms with Crippen LogP contribution in [0.2, 0.25) is 0 Å². The predicted molar refractivity (Wildman–Crippen MR) is 110 cm³/mol. The Balaban J connectivity index is 1.72. The van der Waals surface area contributed by atoms with Crippen LogP contribution in [-0.2, 0) is 18.9 Å². The van der Waals surface area contributed by atoms with E-state index in [0.717, 1.165) is 0 Å². The Morgan fingerprint density at radius 1 is 0.647 bits per heavy atom. The summed E-state index contributed by atoms with van der Waals surface area (Å²) >= 11 is 0. The molecular formula is C19H37N3O12. The molecule has 0 radical (unpaired) electrons. The maximum Gasteiger partial charge on any atom is 0.176 e. The van der Waals surface area contributed by atoms with E-state index in [0.29, 0.717) is 0 Å². The van der Waals surface area contributed by atoms with Gasteiger partial charge in [0, 0.05) is 12.5 Å². The third-order valence-corrected chi connectivity index (χ3v) is 6.87. The number of rotatable bonds is 7. The molecule has 1 aliphatic carbocycles. The zero-order chi connectivity index (χ0) is 25.3. The molecule has 0 aromatic carbocycles. The molecule has 3 aliphatic rings. The summed E-state index contributed by atoms with van der Waals surface area (Å²) < 4.78 is 22.3. The summed E-state index contributed by atoms with van der Waals surface area (Å²) in [6.07, 6.45) is -14.1. The second kappa shape index (κ2) is 11.6. The highest BCUT2D eigenvalue weighted by Crippen LogP contribution is 2.34. The molecule has 0 spiro atoms. The van der Waals surface area contributed by atoms with Gasteiger partial charge < -0.3 is 77.0 Å². The highest BCUT2D eigenvalue weighted by atomic mass is 16.7. The van der Waals surface area contributed by atoms with Gasteiger partial charge in [0.25, 0.3) is 0 Å². The van der Waals surface area contributed by atoms with Crippen LogP contribution in [0.5, 0.6) is 0 Å². The number of nitrogens with two attached hydrogens (primary N) is 3. The van der Waals surface area contributed by atoms with Gasteiger partial charge in [0.1, 0.15) is 36.6 Å². The van der Waals surface area contributed by atoms with Gasteiger partial charge in [-0.25, -0.2) is 0 Å². The second-order valence-corrected chi connectivity index (χ2v) is 9.09. The first-order valence-corrected chi connectivity index (χ1v) is 11.2. The minimum absolute atomic E-state index is 0.0368. The monoisotopic (exact) mass is 499 g/mol. The SMILES string of the molecule is NC1[C@H](O[C@@H]2C(CO)C[C@@H](O[C@@H]3C(CO)O[C@@H](O)C(N)[C@H]3O)C(N)[C@H]2O)OC(CO)[C@@H](O)[C@@H]1O. The molecule has 0 aromatic heterocycles. The molecule has 6 unspecified atom stereocenters. The van der Waals surface area contributed by atoms with E-state index in [-0.39, 0.29) is 6.42 Å². The minimum Gasteiger partial charge on any atom is -0.396 e. The van der Waals surface area contributed by atoms with Crippen molar-refractivity contribution in [2.24, 2.45) is 23.1 Å². The normalized spacial score (nSPS) is 52.5. The first-order valence-electron chi connectivity index (χ1n) is 11.2. The van der Waals surface area contributed by atoms with Crippen molar-refractivity contribution in [3.8, 4) is 0 Å². The summed E-state index contributed by atoms with van der Waals surface area (Å²) in [6.45, 7) is -1.69. The van der Waals surface area contributed by atoms with Gasteiger partial charge in [-0.15, -0.1) is 0 Å². The van der Waals surface area contributed by atoms with Gasteiger partial charge in [-0.2, -0.15) is 0 Å². The number of aliphatic hydroxyl groups is 8. The van der Waals surface area contributed by atoms with Crippen molar-refractivity contribution >= 4 is 0 Å². The van der Waals surface area contributed by atoms with E-state index in [2.05, 4.69) is 0 Å². The maximum absolute atomic E-state index is 10.9. The molecule has 15 nitrogen and oxygen atoms in total. The van der Waals surface area contributed by atoms with Crippen molar-refractivity contribution in [2.75, 3.05) is 19.8 Å². The lowest BCUT2D eigenvalue weighted by molar-refractivity contribution is -0.304. The molecule has 200 valence electrons. The summed E-state index contributed by atoms with van der Waals surface area (Å²) in [6, 6.07) is -3.54. The molecule has 2 saturated heterocycles. The Labute approximate surface area is 195 Å². The van der Waals surface area contributed by atoms with Crippen LogP contribution >= 0.6 is 0 Å². The van der Waals surface area contributed by atoms with Crippen LogP contribution in [0.1, 0.15) is 6.42 Å². The Hall–Kier alpha value is -0.600. The average molecular weight is 500 g/mol. The summed E-state index contributed by atoms with van der Waals surface area (Å²) in [5, 5.41) is 80.1. The van der Waals surface area contributed by atoms with E-state index in [1.165, 1.54) is 0 Å². The number of hydrogen-bond donors (Lipinski definition) is 11. The van der Waals surface area contributed by atoms with Crippen LogP contribution < -0.4 is 17.2 Å². The molecule has 0 amide bonds. The number of hydrogen-bond acceptors (Lipinski definition) is 15. The van der Waals surface area contributed by atoms with Gasteiger partial charge in [-0.05, 0) is 6.42 Å². The van der Waals surface area contributed by atoms with Crippen LogP contribution in [0, 0.1) is 5.92 Å². The van der Waals surface area contributed by atoms with Crippen molar-refractivity contribution < 1.29 is 59.8 Å². The van der Waals surface area contributed by atoms with Crippen LogP contribution in [0.4, 0.5) is 0 Å². The maximum atomic E-state index is 10.9. The highest BCUT2D eigenvalue weighted by Gasteiger charge is 2.51. The summed E-state index contributed by atoms with van der Waals surface area (Å²) in [5.74, 6) is -0.763. The van der Waals surface area contributed by atoms with Gasteiger partial charge in [-0.1, -0.05) is 0 Å². The average Bonchev–Trinajstić information content (AvgIpc) is 2.83. The second-order valence-electron chi connectivity index (χ2n) is 9.09. The molecule has 0 aromatic rings. The van der Waals surface area contributed by atoms with E-state index in [9.17, 15) is 40.9 Å². The third kappa shape index (κ3) is 5.39. The minimum atomic E-state index is -1.52. The van der Waals surface area contributed by atoms with Gasteiger partial charge >= 0.3 is 0 Å². The predicted octanol–water partition coefficient (Wildman–Crippen LogP) is -7.01. The molecule has 0 bridgehead atoms. The van der Waals surface area contributed by atoms with Crippen molar-refractivity contribution in [1.29, 1.82) is 0 Å². The highest BCUT2D eigenvalue weighted by molar-refractivity contribution is 5.01. The molecule has 15 atom stereocenters. The molecular weight excluding hydrogens is 462 g/mol. The van der Waals surface area contributed by atoms with Crippen molar-refractivity contribution in [2.45, 2.75) is 92.1 Å². The molecule has 3 fully saturated rings. The van der Waals surface area contributed by atoms with Gasteiger partial charge in [-0.3, -0.25) is 0 Å². The van der Waals surface area contributed by atoms with E-state index in [1.54, 1.807) is 0 Å². The van der Waals surface area contributed by atoms with E-state index < -0.39 is 111 Å². The first kappa shape index (κ1) is 28.0. The van der Waals surface area contributed by atoms with E-state index in [1.807, 2.05) is 0 Å². The standard InChI is InChI=1S/C19H37N3O12/c20-9-6(31-17-8(4-25)32-18(30)10(21)15(17)29)1-5(2-23)16(14(9)28)34-19-11(22)13(27)12(26)7(3-24)33-19/h5-19,23-30H,1-4,20-22H2/t5?,6-,7?,8?,9?,10?,11?,12-,13-,14-,15-,16-,17-,18-,19+/m1/s1. The fourth-order valence-electron chi connectivity index (χ4n) is 4.68. The molecule has 3 rings (SSSR count). The molecule has 2 heterocycles. The fourth-order valence-corrected chi connectivity index (χ4v) is 4.68.